The smallest absolute Gasteiger partial charge is 0.276 e. The first-order chi connectivity index (χ1) is 9.99. The molecule has 0 aliphatic heterocycles. The van der Waals surface area contributed by atoms with Gasteiger partial charge in [0, 0.05) is 12.6 Å². The molecule has 1 saturated carbocycles. The molecule has 0 saturated heterocycles. The van der Waals surface area contributed by atoms with Crippen LogP contribution in [0.25, 0.3) is 0 Å². The number of rotatable bonds is 7. The Balaban J connectivity index is 2.09. The predicted molar refractivity (Wildman–Crippen MR) is 79.3 cm³/mol. The van der Waals surface area contributed by atoms with Crippen molar-refractivity contribution >= 4 is 23.2 Å². The summed E-state index contributed by atoms with van der Waals surface area (Å²) in [7, 11) is 0. The highest BCUT2D eigenvalue weighted by atomic mass is 16.6. The van der Waals surface area contributed by atoms with Crippen molar-refractivity contribution < 1.29 is 9.72 Å². The second kappa shape index (κ2) is 6.38. The zero-order valence-corrected chi connectivity index (χ0v) is 12.0. The molecule has 3 N–H and O–H groups in total. The first-order valence-electron chi connectivity index (χ1n) is 6.97. The molecule has 0 radical (unpaired) electrons. The van der Waals surface area contributed by atoms with E-state index in [4.69, 9.17) is 0 Å². The quantitative estimate of drug-likeness (QED) is 0.519. The summed E-state index contributed by atoms with van der Waals surface area (Å²) in [5.74, 6) is 0.582. The predicted octanol–water partition coefficient (Wildman–Crippen LogP) is 1.50. The minimum Gasteiger partial charge on any atom is -0.370 e. The van der Waals surface area contributed by atoms with Crippen LogP contribution in [0, 0.1) is 10.1 Å². The summed E-state index contributed by atoms with van der Waals surface area (Å²) < 4.78 is 0. The van der Waals surface area contributed by atoms with Gasteiger partial charge in [-0.05, 0) is 26.7 Å². The lowest BCUT2D eigenvalue weighted by Gasteiger charge is -2.15. The molecule has 1 heterocycles. The first-order valence-corrected chi connectivity index (χ1v) is 6.97. The van der Waals surface area contributed by atoms with Gasteiger partial charge >= 0.3 is 0 Å². The number of amides is 1. The standard InChI is InChI=1S/C13H19N5O3/c1-3-14-11-6-10(18(20)21)7-12(17-11)15-8(2)13(19)16-9-4-5-9/h6-9H,3-5H2,1-2H3,(H,16,19)(H2,14,15,17). The van der Waals surface area contributed by atoms with E-state index in [1.807, 2.05) is 6.92 Å². The molecule has 0 bridgehead atoms. The highest BCUT2D eigenvalue weighted by molar-refractivity contribution is 5.84. The first kappa shape index (κ1) is 15.0. The molecule has 8 heteroatoms. The maximum absolute atomic E-state index is 11.9. The third-order valence-corrected chi connectivity index (χ3v) is 3.06. The van der Waals surface area contributed by atoms with E-state index >= 15 is 0 Å². The van der Waals surface area contributed by atoms with Gasteiger partial charge in [0.2, 0.25) is 5.91 Å². The average molecular weight is 293 g/mol. The number of hydrogen-bond acceptors (Lipinski definition) is 6. The molecule has 8 nitrogen and oxygen atoms in total. The van der Waals surface area contributed by atoms with Crippen LogP contribution in [0.1, 0.15) is 26.7 Å². The van der Waals surface area contributed by atoms with Gasteiger partial charge in [-0.3, -0.25) is 14.9 Å². The number of nitrogens with one attached hydrogen (secondary N) is 3. The molecular weight excluding hydrogens is 274 g/mol. The molecule has 2 rings (SSSR count). The van der Waals surface area contributed by atoms with Crippen molar-refractivity contribution in [1.29, 1.82) is 0 Å². The van der Waals surface area contributed by atoms with E-state index in [1.54, 1.807) is 6.92 Å². The summed E-state index contributed by atoms with van der Waals surface area (Å²) in [6, 6.07) is 2.46. The Morgan fingerprint density at radius 2 is 2.14 bits per heavy atom. The molecule has 0 spiro atoms. The molecule has 114 valence electrons. The fraction of sp³-hybridized carbons (Fsp3) is 0.538. The van der Waals surface area contributed by atoms with Gasteiger partial charge in [0.25, 0.3) is 5.69 Å². The Bertz CT molecular complexity index is 545. The van der Waals surface area contributed by atoms with Gasteiger partial charge in [0.15, 0.2) is 0 Å². The molecule has 1 unspecified atom stereocenters. The van der Waals surface area contributed by atoms with Crippen molar-refractivity contribution in [1.82, 2.24) is 10.3 Å². The SMILES string of the molecule is CCNc1cc([N+](=O)[O-])cc(NC(C)C(=O)NC2CC2)n1. The molecule has 1 aromatic heterocycles. The number of anilines is 2. The molecule has 1 aliphatic rings. The third-order valence-electron chi connectivity index (χ3n) is 3.06. The average Bonchev–Trinajstić information content (AvgIpc) is 3.22. The Labute approximate surface area is 122 Å². The highest BCUT2D eigenvalue weighted by Crippen LogP contribution is 2.22. The largest absolute Gasteiger partial charge is 0.370 e. The molecule has 21 heavy (non-hydrogen) atoms. The van der Waals surface area contributed by atoms with Crippen molar-refractivity contribution in [2.45, 2.75) is 38.8 Å². The minimum absolute atomic E-state index is 0.0711. The van der Waals surface area contributed by atoms with Gasteiger partial charge < -0.3 is 16.0 Å². The molecule has 1 aliphatic carbocycles. The molecule has 1 atom stereocenters. The molecular formula is C13H19N5O3. The lowest BCUT2D eigenvalue weighted by atomic mass is 10.3. The van der Waals surface area contributed by atoms with Gasteiger partial charge in [0.1, 0.15) is 17.7 Å². The molecule has 1 aromatic rings. The van der Waals surface area contributed by atoms with E-state index in [2.05, 4.69) is 20.9 Å². The van der Waals surface area contributed by atoms with E-state index in [0.717, 1.165) is 12.8 Å². The van der Waals surface area contributed by atoms with Crippen LogP contribution in [0.15, 0.2) is 12.1 Å². The van der Waals surface area contributed by atoms with E-state index in [9.17, 15) is 14.9 Å². The summed E-state index contributed by atoms with van der Waals surface area (Å²) in [6.07, 6.45) is 2.02. The zero-order chi connectivity index (χ0) is 15.4. The number of carbonyl (C=O) groups excluding carboxylic acids is 1. The van der Waals surface area contributed by atoms with Crippen LogP contribution in [0.4, 0.5) is 17.3 Å². The van der Waals surface area contributed by atoms with Gasteiger partial charge in [-0.1, -0.05) is 0 Å². The Hall–Kier alpha value is -2.38. The van der Waals surface area contributed by atoms with Crippen LogP contribution in [0.2, 0.25) is 0 Å². The second-order valence-electron chi connectivity index (χ2n) is 5.03. The van der Waals surface area contributed by atoms with E-state index in [1.165, 1.54) is 12.1 Å². The maximum atomic E-state index is 11.9. The fourth-order valence-electron chi connectivity index (χ4n) is 1.81. The van der Waals surface area contributed by atoms with Crippen molar-refractivity contribution in [2.24, 2.45) is 0 Å². The summed E-state index contributed by atoms with van der Waals surface area (Å²) in [5.41, 5.74) is -0.0711. The Kier molecular flexibility index (Phi) is 4.56. The van der Waals surface area contributed by atoms with Gasteiger partial charge in [0.05, 0.1) is 17.1 Å². The van der Waals surface area contributed by atoms with Crippen molar-refractivity contribution in [3.05, 3.63) is 22.2 Å². The number of pyridine rings is 1. The zero-order valence-electron chi connectivity index (χ0n) is 12.0. The Morgan fingerprint density at radius 3 is 2.71 bits per heavy atom. The maximum Gasteiger partial charge on any atom is 0.276 e. The van der Waals surface area contributed by atoms with E-state index in [-0.39, 0.29) is 17.6 Å². The summed E-state index contributed by atoms with van der Waals surface area (Å²) in [6.45, 7) is 4.18. The van der Waals surface area contributed by atoms with Crippen LogP contribution >= 0.6 is 0 Å². The topological polar surface area (TPSA) is 109 Å². The molecule has 1 fully saturated rings. The summed E-state index contributed by atoms with van der Waals surface area (Å²) in [4.78, 5) is 26.5. The van der Waals surface area contributed by atoms with Crippen LogP contribution < -0.4 is 16.0 Å². The van der Waals surface area contributed by atoms with Crippen LogP contribution in [0.5, 0.6) is 0 Å². The number of aromatic nitrogens is 1. The monoisotopic (exact) mass is 293 g/mol. The molecule has 0 aromatic carbocycles. The third kappa shape index (κ3) is 4.30. The number of carbonyl (C=O) groups is 1. The number of nitrogens with zero attached hydrogens (tertiary/aromatic N) is 2. The van der Waals surface area contributed by atoms with Crippen LogP contribution in [-0.2, 0) is 4.79 Å². The Morgan fingerprint density at radius 1 is 1.48 bits per heavy atom. The number of nitro groups is 1. The van der Waals surface area contributed by atoms with E-state index < -0.39 is 11.0 Å². The summed E-state index contributed by atoms with van der Waals surface area (Å²) in [5, 5.41) is 19.6. The van der Waals surface area contributed by atoms with Gasteiger partial charge in [-0.2, -0.15) is 0 Å². The highest BCUT2D eigenvalue weighted by Gasteiger charge is 2.26. The minimum atomic E-state index is -0.505. The number of hydrogen-bond donors (Lipinski definition) is 3. The van der Waals surface area contributed by atoms with E-state index in [0.29, 0.717) is 18.2 Å². The van der Waals surface area contributed by atoms with Crippen molar-refractivity contribution in [2.75, 3.05) is 17.2 Å². The second-order valence-corrected chi connectivity index (χ2v) is 5.03. The van der Waals surface area contributed by atoms with Crippen LogP contribution in [0.3, 0.4) is 0 Å². The van der Waals surface area contributed by atoms with Gasteiger partial charge in [-0.25, -0.2) is 4.98 Å². The fourth-order valence-corrected chi connectivity index (χ4v) is 1.81. The normalized spacial score (nSPS) is 15.1. The summed E-state index contributed by atoms with van der Waals surface area (Å²) >= 11 is 0. The van der Waals surface area contributed by atoms with Crippen molar-refractivity contribution in [3.8, 4) is 0 Å². The van der Waals surface area contributed by atoms with Crippen LogP contribution in [-0.4, -0.2) is 34.4 Å². The molecule has 1 amide bonds. The van der Waals surface area contributed by atoms with Crippen molar-refractivity contribution in [3.63, 3.8) is 0 Å². The van der Waals surface area contributed by atoms with Gasteiger partial charge in [-0.15, -0.1) is 0 Å². The lowest BCUT2D eigenvalue weighted by molar-refractivity contribution is -0.384. The lowest BCUT2D eigenvalue weighted by Crippen LogP contribution is -2.38.